The summed E-state index contributed by atoms with van der Waals surface area (Å²) in [6.45, 7) is 0.568. The number of methoxy groups -OCH3 is 1. The van der Waals surface area contributed by atoms with Gasteiger partial charge in [-0.3, -0.25) is 9.78 Å². The SMILES string of the molecule is COc1ccc2nccc(C(O)C(=O)[C@@H](N)CCCCN)c2c1. The van der Waals surface area contributed by atoms with Gasteiger partial charge in [-0.05, 0) is 49.2 Å². The Hall–Kier alpha value is -2.02. The summed E-state index contributed by atoms with van der Waals surface area (Å²) in [6.07, 6.45) is 2.38. The summed E-state index contributed by atoms with van der Waals surface area (Å²) in [5.41, 5.74) is 12.5. The van der Waals surface area contributed by atoms with Crippen LogP contribution in [-0.4, -0.2) is 35.6 Å². The molecular formula is C17H23N3O3. The molecule has 1 unspecified atom stereocenters. The van der Waals surface area contributed by atoms with Gasteiger partial charge in [0.1, 0.15) is 11.9 Å². The molecule has 2 rings (SSSR count). The highest BCUT2D eigenvalue weighted by molar-refractivity contribution is 5.94. The Morgan fingerprint density at radius 2 is 2.13 bits per heavy atom. The molecule has 1 aromatic heterocycles. The Kier molecular flexibility index (Phi) is 6.04. The number of benzene rings is 1. The van der Waals surface area contributed by atoms with Gasteiger partial charge in [-0.2, -0.15) is 0 Å². The quantitative estimate of drug-likeness (QED) is 0.633. The standard InChI is InChI=1S/C17H23N3O3/c1-23-11-5-6-15-13(10-11)12(7-9-20-15)16(21)17(22)14(19)4-2-3-8-18/h5-7,9-10,14,16,21H,2-4,8,18-19H2,1H3/t14-,16?/m0/s1. The zero-order valence-corrected chi connectivity index (χ0v) is 13.2. The van der Waals surface area contributed by atoms with E-state index in [0.29, 0.717) is 35.2 Å². The largest absolute Gasteiger partial charge is 0.497 e. The highest BCUT2D eigenvalue weighted by Gasteiger charge is 2.25. The van der Waals surface area contributed by atoms with E-state index in [0.717, 1.165) is 12.8 Å². The third kappa shape index (κ3) is 4.04. The topological polar surface area (TPSA) is 111 Å². The van der Waals surface area contributed by atoms with Crippen LogP contribution >= 0.6 is 0 Å². The van der Waals surface area contributed by atoms with Crippen LogP contribution in [0.25, 0.3) is 10.9 Å². The van der Waals surface area contributed by atoms with Crippen molar-refractivity contribution in [2.75, 3.05) is 13.7 Å². The van der Waals surface area contributed by atoms with Crippen LogP contribution in [0.2, 0.25) is 0 Å². The minimum atomic E-state index is -1.28. The zero-order chi connectivity index (χ0) is 16.8. The Labute approximate surface area is 135 Å². The highest BCUT2D eigenvalue weighted by atomic mass is 16.5. The van der Waals surface area contributed by atoms with E-state index in [9.17, 15) is 9.90 Å². The first-order valence-corrected chi connectivity index (χ1v) is 7.68. The molecule has 0 radical (unpaired) electrons. The number of nitrogens with two attached hydrogens (primary N) is 2. The third-order valence-corrected chi connectivity index (χ3v) is 3.88. The summed E-state index contributed by atoms with van der Waals surface area (Å²) in [7, 11) is 1.56. The number of unbranched alkanes of at least 4 members (excludes halogenated alkanes) is 1. The molecule has 23 heavy (non-hydrogen) atoms. The number of rotatable bonds is 8. The molecule has 0 amide bonds. The molecule has 0 aliphatic carbocycles. The molecule has 0 aliphatic rings. The van der Waals surface area contributed by atoms with E-state index in [2.05, 4.69) is 4.98 Å². The maximum atomic E-state index is 12.4. The van der Waals surface area contributed by atoms with Crippen LogP contribution in [0.15, 0.2) is 30.5 Å². The van der Waals surface area contributed by atoms with Crippen LogP contribution in [0, 0.1) is 0 Å². The van der Waals surface area contributed by atoms with Crippen molar-refractivity contribution in [3.8, 4) is 5.75 Å². The second-order valence-electron chi connectivity index (χ2n) is 5.48. The molecule has 0 spiro atoms. The smallest absolute Gasteiger partial charge is 0.182 e. The van der Waals surface area contributed by atoms with Gasteiger partial charge in [-0.1, -0.05) is 6.42 Å². The molecule has 0 bridgehead atoms. The Bertz CT molecular complexity index is 675. The van der Waals surface area contributed by atoms with E-state index in [4.69, 9.17) is 16.2 Å². The van der Waals surface area contributed by atoms with E-state index < -0.39 is 17.9 Å². The molecule has 5 N–H and O–H groups in total. The minimum Gasteiger partial charge on any atom is -0.497 e. The van der Waals surface area contributed by atoms with E-state index >= 15 is 0 Å². The van der Waals surface area contributed by atoms with Gasteiger partial charge in [0.15, 0.2) is 5.78 Å². The summed E-state index contributed by atoms with van der Waals surface area (Å²) in [6, 6.07) is 6.26. The summed E-state index contributed by atoms with van der Waals surface area (Å²) in [4.78, 5) is 16.6. The molecular weight excluding hydrogens is 294 g/mol. The zero-order valence-electron chi connectivity index (χ0n) is 13.2. The van der Waals surface area contributed by atoms with Crippen molar-refractivity contribution in [1.29, 1.82) is 0 Å². The number of hydrogen-bond acceptors (Lipinski definition) is 6. The molecule has 6 heteroatoms. The van der Waals surface area contributed by atoms with Gasteiger partial charge in [0.05, 0.1) is 18.7 Å². The fourth-order valence-electron chi connectivity index (χ4n) is 2.52. The molecule has 0 saturated heterocycles. The van der Waals surface area contributed by atoms with E-state index in [1.54, 1.807) is 37.6 Å². The van der Waals surface area contributed by atoms with Crippen molar-refractivity contribution < 1.29 is 14.6 Å². The lowest BCUT2D eigenvalue weighted by Gasteiger charge is -2.17. The van der Waals surface area contributed by atoms with Crippen LogP contribution < -0.4 is 16.2 Å². The van der Waals surface area contributed by atoms with Gasteiger partial charge in [0, 0.05) is 11.6 Å². The van der Waals surface area contributed by atoms with Crippen molar-refractivity contribution in [3.05, 3.63) is 36.0 Å². The fourth-order valence-corrected chi connectivity index (χ4v) is 2.52. The number of nitrogens with zero attached hydrogens (tertiary/aromatic N) is 1. The molecule has 0 saturated carbocycles. The van der Waals surface area contributed by atoms with Crippen LogP contribution in [0.4, 0.5) is 0 Å². The van der Waals surface area contributed by atoms with Crippen LogP contribution in [0.1, 0.15) is 30.9 Å². The maximum Gasteiger partial charge on any atom is 0.182 e. The molecule has 1 aromatic carbocycles. The van der Waals surface area contributed by atoms with Gasteiger partial charge in [0.25, 0.3) is 0 Å². The molecule has 2 aromatic rings. The molecule has 6 nitrogen and oxygen atoms in total. The first-order chi connectivity index (χ1) is 11.1. The number of carbonyl (C=O) groups is 1. The first kappa shape index (κ1) is 17.3. The Balaban J connectivity index is 2.26. The molecule has 0 fully saturated rings. The number of aromatic nitrogens is 1. The first-order valence-electron chi connectivity index (χ1n) is 7.68. The van der Waals surface area contributed by atoms with Crippen LogP contribution in [0.3, 0.4) is 0 Å². The number of aliphatic hydroxyl groups excluding tert-OH is 1. The normalized spacial score (nSPS) is 13.7. The van der Waals surface area contributed by atoms with Gasteiger partial charge in [0.2, 0.25) is 0 Å². The van der Waals surface area contributed by atoms with Gasteiger partial charge in [-0.15, -0.1) is 0 Å². The van der Waals surface area contributed by atoms with Crippen LogP contribution in [0.5, 0.6) is 5.75 Å². The molecule has 0 aliphatic heterocycles. The lowest BCUT2D eigenvalue weighted by atomic mass is 9.95. The lowest BCUT2D eigenvalue weighted by molar-refractivity contribution is -0.128. The monoisotopic (exact) mass is 317 g/mol. The van der Waals surface area contributed by atoms with Crippen LogP contribution in [-0.2, 0) is 4.79 Å². The summed E-state index contributed by atoms with van der Waals surface area (Å²) >= 11 is 0. The van der Waals surface area contributed by atoms with Crippen molar-refractivity contribution in [1.82, 2.24) is 4.98 Å². The van der Waals surface area contributed by atoms with Crippen molar-refractivity contribution >= 4 is 16.7 Å². The molecule has 124 valence electrons. The second-order valence-corrected chi connectivity index (χ2v) is 5.48. The summed E-state index contributed by atoms with van der Waals surface area (Å²) in [5, 5.41) is 11.1. The average molecular weight is 317 g/mol. The van der Waals surface area contributed by atoms with Gasteiger partial charge >= 0.3 is 0 Å². The number of ketones is 1. The van der Waals surface area contributed by atoms with Crippen molar-refractivity contribution in [3.63, 3.8) is 0 Å². The summed E-state index contributed by atoms with van der Waals surface area (Å²) < 4.78 is 5.20. The predicted octanol–water partition coefficient (Wildman–Crippen LogP) is 1.30. The molecule has 1 heterocycles. The predicted molar refractivity (Wildman–Crippen MR) is 89.1 cm³/mol. The lowest BCUT2D eigenvalue weighted by Crippen LogP contribution is -2.34. The maximum absolute atomic E-state index is 12.4. The number of ether oxygens (including phenoxy) is 1. The number of fused-ring (bicyclic) bond motifs is 1. The number of aliphatic hydroxyl groups is 1. The number of carbonyl (C=O) groups excluding carboxylic acids is 1. The van der Waals surface area contributed by atoms with E-state index in [1.165, 1.54) is 0 Å². The van der Waals surface area contributed by atoms with Gasteiger partial charge < -0.3 is 21.3 Å². The van der Waals surface area contributed by atoms with Gasteiger partial charge in [-0.25, -0.2) is 0 Å². The summed E-state index contributed by atoms with van der Waals surface area (Å²) in [5.74, 6) is 0.246. The van der Waals surface area contributed by atoms with Crippen molar-refractivity contribution in [2.45, 2.75) is 31.4 Å². The Morgan fingerprint density at radius 1 is 1.35 bits per heavy atom. The number of hydrogen-bond donors (Lipinski definition) is 3. The third-order valence-electron chi connectivity index (χ3n) is 3.88. The van der Waals surface area contributed by atoms with Crippen molar-refractivity contribution in [2.24, 2.45) is 11.5 Å². The average Bonchev–Trinajstić information content (AvgIpc) is 2.59. The fraction of sp³-hybridized carbons (Fsp3) is 0.412. The molecule has 2 atom stereocenters. The number of Topliss-reactive ketones (excluding diaryl/α,β-unsaturated/α-hetero) is 1. The highest BCUT2D eigenvalue weighted by Crippen LogP contribution is 2.27. The van der Waals surface area contributed by atoms with E-state index in [-0.39, 0.29) is 0 Å². The van der Waals surface area contributed by atoms with E-state index in [1.807, 2.05) is 0 Å². The second kappa shape index (κ2) is 8.01. The minimum absolute atomic E-state index is 0.391. The number of pyridine rings is 1. The Morgan fingerprint density at radius 3 is 2.83 bits per heavy atom.